The van der Waals surface area contributed by atoms with Crippen LogP contribution in [0.5, 0.6) is 0 Å². The first kappa shape index (κ1) is 23.6. The van der Waals surface area contributed by atoms with Gasteiger partial charge in [0.15, 0.2) is 0 Å². The zero-order valence-electron chi connectivity index (χ0n) is 15.7. The van der Waals surface area contributed by atoms with Gasteiger partial charge in [-0.25, -0.2) is 0 Å². The standard InChI is InChI=1S/C12H9Br2N.C12H9I2N/c2*13-9-1-5-11(6-2-9)15-12-7-3-10(14)4-8-12/h2*1-8,15H. The Morgan fingerprint density at radius 1 is 0.400 bits per heavy atom. The predicted octanol–water partition coefficient (Wildman–Crippen LogP) is 9.59. The molecule has 0 atom stereocenters. The summed E-state index contributed by atoms with van der Waals surface area (Å²) in [4.78, 5) is 0. The summed E-state index contributed by atoms with van der Waals surface area (Å²) in [5.41, 5.74) is 4.41. The summed E-state index contributed by atoms with van der Waals surface area (Å²) in [6.07, 6.45) is 0. The van der Waals surface area contributed by atoms with E-state index >= 15 is 0 Å². The minimum absolute atomic E-state index is 1.08. The lowest BCUT2D eigenvalue weighted by Gasteiger charge is -2.06. The van der Waals surface area contributed by atoms with Crippen molar-refractivity contribution < 1.29 is 0 Å². The first-order valence-corrected chi connectivity index (χ1v) is 12.8. The van der Waals surface area contributed by atoms with Gasteiger partial charge in [-0.3, -0.25) is 0 Å². The molecule has 2 N–H and O–H groups in total. The van der Waals surface area contributed by atoms with Crippen LogP contribution in [0.15, 0.2) is 106 Å². The average molecular weight is 748 g/mol. The van der Waals surface area contributed by atoms with Gasteiger partial charge in [-0.05, 0) is 142 Å². The van der Waals surface area contributed by atoms with Crippen LogP contribution >= 0.6 is 77.0 Å². The van der Waals surface area contributed by atoms with Gasteiger partial charge >= 0.3 is 0 Å². The summed E-state index contributed by atoms with van der Waals surface area (Å²) >= 11 is 11.4. The minimum atomic E-state index is 1.08. The Balaban J connectivity index is 0.000000171. The molecule has 0 amide bonds. The second-order valence-electron chi connectivity index (χ2n) is 6.28. The number of anilines is 4. The van der Waals surface area contributed by atoms with E-state index in [-0.39, 0.29) is 0 Å². The van der Waals surface area contributed by atoms with E-state index < -0.39 is 0 Å². The van der Waals surface area contributed by atoms with E-state index in [1.165, 1.54) is 7.14 Å². The van der Waals surface area contributed by atoms with Crippen LogP contribution in [0.2, 0.25) is 0 Å². The smallest absolute Gasteiger partial charge is 0.0384 e. The zero-order valence-corrected chi connectivity index (χ0v) is 23.2. The molecule has 6 heteroatoms. The molecule has 4 rings (SSSR count). The quantitative estimate of drug-likeness (QED) is 0.203. The SMILES string of the molecule is Brc1ccc(Nc2ccc(Br)cc2)cc1.Ic1ccc(Nc2ccc(I)cc2)cc1. The summed E-state index contributed by atoms with van der Waals surface area (Å²) in [7, 11) is 0. The first-order valence-electron chi connectivity index (χ1n) is 9.04. The fourth-order valence-electron chi connectivity index (χ4n) is 2.47. The third kappa shape index (κ3) is 8.20. The number of hydrogen-bond acceptors (Lipinski definition) is 2. The number of rotatable bonds is 4. The Morgan fingerprint density at radius 2 is 0.633 bits per heavy atom. The van der Waals surface area contributed by atoms with Crippen LogP contribution in [-0.4, -0.2) is 0 Å². The van der Waals surface area contributed by atoms with Crippen molar-refractivity contribution in [1.82, 2.24) is 0 Å². The van der Waals surface area contributed by atoms with Crippen molar-refractivity contribution in [3.63, 3.8) is 0 Å². The normalized spacial score (nSPS) is 10.0. The number of halogens is 4. The van der Waals surface area contributed by atoms with Crippen molar-refractivity contribution >= 4 is 99.8 Å². The Labute approximate surface area is 221 Å². The molecule has 0 unspecified atom stereocenters. The van der Waals surface area contributed by atoms with Gasteiger partial charge in [0.1, 0.15) is 0 Å². The molecular weight excluding hydrogens is 730 g/mol. The van der Waals surface area contributed by atoms with Gasteiger partial charge in [0.25, 0.3) is 0 Å². The molecule has 0 bridgehead atoms. The lowest BCUT2D eigenvalue weighted by atomic mass is 10.3. The van der Waals surface area contributed by atoms with Crippen molar-refractivity contribution in [3.8, 4) is 0 Å². The van der Waals surface area contributed by atoms with Gasteiger partial charge in [0.05, 0.1) is 0 Å². The predicted molar refractivity (Wildman–Crippen MR) is 153 cm³/mol. The molecule has 152 valence electrons. The Bertz CT molecular complexity index is 874. The third-order valence-corrected chi connectivity index (χ3v) is 6.45. The Kier molecular flexibility index (Phi) is 9.48. The topological polar surface area (TPSA) is 24.1 Å². The second-order valence-corrected chi connectivity index (χ2v) is 10.6. The Hall–Kier alpha value is -1.10. The molecule has 0 saturated carbocycles. The first-order chi connectivity index (χ1) is 14.5. The van der Waals surface area contributed by atoms with Crippen molar-refractivity contribution in [2.45, 2.75) is 0 Å². The molecular formula is C24H18Br2I2N2. The van der Waals surface area contributed by atoms with Crippen LogP contribution in [-0.2, 0) is 0 Å². The lowest BCUT2D eigenvalue weighted by molar-refractivity contribution is 1.52. The molecule has 2 nitrogen and oxygen atoms in total. The summed E-state index contributed by atoms with van der Waals surface area (Å²) in [6.45, 7) is 0. The highest BCUT2D eigenvalue weighted by Crippen LogP contribution is 2.21. The summed E-state index contributed by atoms with van der Waals surface area (Å²) in [5.74, 6) is 0. The fourth-order valence-corrected chi connectivity index (χ4v) is 3.71. The van der Waals surface area contributed by atoms with Crippen LogP contribution in [0, 0.1) is 7.14 Å². The maximum Gasteiger partial charge on any atom is 0.0384 e. The third-order valence-electron chi connectivity index (χ3n) is 3.95. The monoisotopic (exact) mass is 746 g/mol. The van der Waals surface area contributed by atoms with Gasteiger partial charge in [-0.2, -0.15) is 0 Å². The largest absolute Gasteiger partial charge is 0.356 e. The van der Waals surface area contributed by atoms with Gasteiger partial charge in [0.2, 0.25) is 0 Å². The Morgan fingerprint density at radius 3 is 0.900 bits per heavy atom. The number of nitrogens with one attached hydrogen (secondary N) is 2. The summed E-state index contributed by atoms with van der Waals surface area (Å²) < 4.78 is 4.68. The van der Waals surface area contributed by atoms with E-state index in [1.54, 1.807) is 0 Å². The highest BCUT2D eigenvalue weighted by atomic mass is 127. The van der Waals surface area contributed by atoms with Gasteiger partial charge in [-0.1, -0.05) is 31.9 Å². The molecule has 0 aliphatic rings. The highest BCUT2D eigenvalue weighted by molar-refractivity contribution is 14.1. The molecule has 0 saturated heterocycles. The van der Waals surface area contributed by atoms with Crippen molar-refractivity contribution in [3.05, 3.63) is 113 Å². The zero-order chi connectivity index (χ0) is 21.3. The fraction of sp³-hybridized carbons (Fsp3) is 0. The van der Waals surface area contributed by atoms with Crippen LogP contribution in [0.1, 0.15) is 0 Å². The van der Waals surface area contributed by atoms with E-state index in [2.05, 4.69) is 136 Å². The average Bonchev–Trinajstić information content (AvgIpc) is 2.75. The van der Waals surface area contributed by atoms with Gasteiger partial charge < -0.3 is 10.6 Å². The van der Waals surface area contributed by atoms with Crippen LogP contribution in [0.3, 0.4) is 0 Å². The maximum atomic E-state index is 3.41. The molecule has 0 heterocycles. The molecule has 30 heavy (non-hydrogen) atoms. The molecule has 0 radical (unpaired) electrons. The maximum absolute atomic E-state index is 3.41. The van der Waals surface area contributed by atoms with Crippen molar-refractivity contribution in [2.24, 2.45) is 0 Å². The van der Waals surface area contributed by atoms with E-state index in [0.29, 0.717) is 0 Å². The summed E-state index contributed by atoms with van der Waals surface area (Å²) in [5, 5.41) is 6.67. The van der Waals surface area contributed by atoms with E-state index in [9.17, 15) is 0 Å². The summed E-state index contributed by atoms with van der Waals surface area (Å²) in [6, 6.07) is 32.9. The van der Waals surface area contributed by atoms with Crippen LogP contribution in [0.25, 0.3) is 0 Å². The van der Waals surface area contributed by atoms with Gasteiger partial charge in [0, 0.05) is 38.8 Å². The van der Waals surface area contributed by atoms with Crippen LogP contribution in [0.4, 0.5) is 22.7 Å². The van der Waals surface area contributed by atoms with E-state index in [1.807, 2.05) is 48.5 Å². The molecule has 0 aliphatic carbocycles. The molecule has 0 aromatic heterocycles. The number of benzene rings is 4. The molecule has 0 aliphatic heterocycles. The van der Waals surface area contributed by atoms with Crippen LogP contribution < -0.4 is 10.6 Å². The van der Waals surface area contributed by atoms with Crippen molar-refractivity contribution in [2.75, 3.05) is 10.6 Å². The van der Waals surface area contributed by atoms with Gasteiger partial charge in [-0.15, -0.1) is 0 Å². The second kappa shape index (κ2) is 12.1. The minimum Gasteiger partial charge on any atom is -0.356 e. The highest BCUT2D eigenvalue weighted by Gasteiger charge is 1.95. The molecule has 4 aromatic carbocycles. The van der Waals surface area contributed by atoms with E-state index in [0.717, 1.165) is 31.7 Å². The van der Waals surface area contributed by atoms with E-state index in [4.69, 9.17) is 0 Å². The lowest BCUT2D eigenvalue weighted by Crippen LogP contribution is -1.89. The molecule has 4 aromatic rings. The molecule has 0 spiro atoms. The molecule has 0 fully saturated rings. The number of hydrogen-bond donors (Lipinski definition) is 2. The van der Waals surface area contributed by atoms with Crippen molar-refractivity contribution in [1.29, 1.82) is 0 Å².